The van der Waals surface area contributed by atoms with Gasteiger partial charge in [0.05, 0.1) is 28.6 Å². The highest BCUT2D eigenvalue weighted by atomic mass is 16.6. The molecule has 0 atom stereocenters. The van der Waals surface area contributed by atoms with Gasteiger partial charge in [0, 0.05) is 30.6 Å². The van der Waals surface area contributed by atoms with Crippen LogP contribution in [0.2, 0.25) is 0 Å². The lowest BCUT2D eigenvalue weighted by Gasteiger charge is -2.27. The summed E-state index contributed by atoms with van der Waals surface area (Å²) < 4.78 is 2.13. The van der Waals surface area contributed by atoms with Crippen molar-refractivity contribution in [1.29, 1.82) is 0 Å². The lowest BCUT2D eigenvalue weighted by molar-refractivity contribution is -0.384. The third-order valence-corrected chi connectivity index (χ3v) is 3.64. The van der Waals surface area contributed by atoms with E-state index in [-0.39, 0.29) is 10.6 Å². The molecule has 108 valence electrons. The molecule has 0 aliphatic heterocycles. The van der Waals surface area contributed by atoms with Crippen LogP contribution in [0.1, 0.15) is 25.3 Å². The molecule has 3 aromatic rings. The summed E-state index contributed by atoms with van der Waals surface area (Å²) in [5.41, 5.74) is 1.81. The van der Waals surface area contributed by atoms with Gasteiger partial charge in [0.2, 0.25) is 0 Å². The minimum absolute atomic E-state index is 0.103. The zero-order valence-corrected chi connectivity index (χ0v) is 11.3. The Balaban J connectivity index is 0.000000225. The fraction of sp³-hybridized carbons (Fsp3) is 0.286. The zero-order chi connectivity index (χ0) is 14.7. The first-order chi connectivity index (χ1) is 10.3. The van der Waals surface area contributed by atoms with Crippen molar-refractivity contribution in [2.24, 2.45) is 0 Å². The van der Waals surface area contributed by atoms with Gasteiger partial charge in [-0.2, -0.15) is 0 Å². The highest BCUT2D eigenvalue weighted by Gasteiger charge is 2.21. The lowest BCUT2D eigenvalue weighted by Crippen LogP contribution is -2.15. The maximum atomic E-state index is 10.6. The summed E-state index contributed by atoms with van der Waals surface area (Å²) >= 11 is 0. The predicted octanol–water partition coefficient (Wildman–Crippen LogP) is 3.08. The molecule has 0 amide bonds. The van der Waals surface area contributed by atoms with Gasteiger partial charge in [-0.25, -0.2) is 9.97 Å². The molecular formula is C14H15N5O2. The number of nitro benzene ring substituents is 1. The summed E-state index contributed by atoms with van der Waals surface area (Å²) in [6.07, 6.45) is 10.5. The number of hydrogen-bond acceptors (Lipinski definition) is 4. The van der Waals surface area contributed by atoms with Crippen molar-refractivity contribution in [2.45, 2.75) is 25.3 Å². The van der Waals surface area contributed by atoms with Crippen LogP contribution in [0, 0.1) is 10.1 Å². The van der Waals surface area contributed by atoms with Crippen molar-refractivity contribution >= 4 is 16.7 Å². The van der Waals surface area contributed by atoms with Crippen LogP contribution < -0.4 is 0 Å². The SMILES string of the molecule is O=[N+]([O-])c1ccc2c(c1)ncn2C1CCC1.c1c[nH]cn1. The van der Waals surface area contributed by atoms with E-state index >= 15 is 0 Å². The van der Waals surface area contributed by atoms with Gasteiger partial charge < -0.3 is 9.55 Å². The van der Waals surface area contributed by atoms with E-state index in [2.05, 4.69) is 19.5 Å². The van der Waals surface area contributed by atoms with Crippen molar-refractivity contribution in [3.8, 4) is 0 Å². The maximum absolute atomic E-state index is 10.6. The molecule has 0 radical (unpaired) electrons. The minimum Gasteiger partial charge on any atom is -0.351 e. The number of non-ortho nitro benzene ring substituents is 1. The molecule has 7 heteroatoms. The Morgan fingerprint density at radius 3 is 2.76 bits per heavy atom. The second-order valence-electron chi connectivity index (χ2n) is 4.93. The number of fused-ring (bicyclic) bond motifs is 1. The smallest absolute Gasteiger partial charge is 0.271 e. The Morgan fingerprint density at radius 1 is 1.38 bits per heavy atom. The van der Waals surface area contributed by atoms with Gasteiger partial charge in [-0.1, -0.05) is 0 Å². The van der Waals surface area contributed by atoms with Crippen molar-refractivity contribution in [3.63, 3.8) is 0 Å². The van der Waals surface area contributed by atoms with Gasteiger partial charge in [-0.05, 0) is 25.3 Å². The van der Waals surface area contributed by atoms with Crippen molar-refractivity contribution in [3.05, 3.63) is 53.4 Å². The number of rotatable bonds is 2. The molecule has 1 aliphatic rings. The van der Waals surface area contributed by atoms with Crippen molar-refractivity contribution in [1.82, 2.24) is 19.5 Å². The molecule has 1 aliphatic carbocycles. The van der Waals surface area contributed by atoms with Gasteiger partial charge >= 0.3 is 0 Å². The molecular weight excluding hydrogens is 270 g/mol. The van der Waals surface area contributed by atoms with Crippen LogP contribution in [0.3, 0.4) is 0 Å². The largest absolute Gasteiger partial charge is 0.351 e. The molecule has 0 saturated heterocycles. The number of nitro groups is 1. The number of imidazole rings is 2. The van der Waals surface area contributed by atoms with Crippen LogP contribution in [-0.4, -0.2) is 24.4 Å². The Bertz CT molecular complexity index is 714. The van der Waals surface area contributed by atoms with E-state index in [0.717, 1.165) is 5.52 Å². The molecule has 0 spiro atoms. The van der Waals surface area contributed by atoms with Crippen LogP contribution >= 0.6 is 0 Å². The van der Waals surface area contributed by atoms with Gasteiger partial charge in [0.15, 0.2) is 0 Å². The molecule has 0 unspecified atom stereocenters. The molecule has 0 bridgehead atoms. The average molecular weight is 285 g/mol. The van der Waals surface area contributed by atoms with Crippen molar-refractivity contribution < 1.29 is 4.92 Å². The van der Waals surface area contributed by atoms with E-state index < -0.39 is 0 Å². The Morgan fingerprint density at radius 2 is 2.24 bits per heavy atom. The van der Waals surface area contributed by atoms with E-state index in [1.807, 2.05) is 0 Å². The fourth-order valence-electron chi connectivity index (χ4n) is 2.30. The summed E-state index contributed by atoms with van der Waals surface area (Å²) in [5.74, 6) is 0. The van der Waals surface area contributed by atoms with E-state index in [1.165, 1.54) is 25.3 Å². The number of nitrogens with one attached hydrogen (secondary N) is 1. The molecule has 2 aromatic heterocycles. The van der Waals surface area contributed by atoms with Crippen LogP contribution in [0.25, 0.3) is 11.0 Å². The average Bonchev–Trinajstić information content (AvgIpc) is 3.09. The van der Waals surface area contributed by atoms with E-state index in [1.54, 1.807) is 37.2 Å². The summed E-state index contributed by atoms with van der Waals surface area (Å²) in [4.78, 5) is 20.9. The summed E-state index contributed by atoms with van der Waals surface area (Å²) in [6, 6.07) is 5.40. The second kappa shape index (κ2) is 5.74. The number of nitrogens with zero attached hydrogens (tertiary/aromatic N) is 4. The second-order valence-corrected chi connectivity index (χ2v) is 4.93. The monoisotopic (exact) mass is 285 g/mol. The number of H-pyrrole nitrogens is 1. The summed E-state index contributed by atoms with van der Waals surface area (Å²) in [5, 5.41) is 10.6. The Kier molecular flexibility index (Phi) is 3.63. The highest BCUT2D eigenvalue weighted by Crippen LogP contribution is 2.34. The van der Waals surface area contributed by atoms with Gasteiger partial charge in [-0.15, -0.1) is 0 Å². The van der Waals surface area contributed by atoms with Crippen molar-refractivity contribution in [2.75, 3.05) is 0 Å². The van der Waals surface area contributed by atoms with Crippen LogP contribution in [0.5, 0.6) is 0 Å². The quantitative estimate of drug-likeness (QED) is 0.578. The third kappa shape index (κ3) is 2.76. The number of hydrogen-bond donors (Lipinski definition) is 1. The molecule has 1 saturated carbocycles. The molecule has 7 nitrogen and oxygen atoms in total. The minimum atomic E-state index is -0.387. The highest BCUT2D eigenvalue weighted by molar-refractivity contribution is 5.78. The first-order valence-corrected chi connectivity index (χ1v) is 6.79. The first kappa shape index (κ1) is 13.3. The van der Waals surface area contributed by atoms with Gasteiger partial charge in [-0.3, -0.25) is 10.1 Å². The molecule has 1 fully saturated rings. The lowest BCUT2D eigenvalue weighted by atomic mass is 9.93. The molecule has 1 aromatic carbocycles. The number of aromatic nitrogens is 4. The Hall–Kier alpha value is -2.70. The summed E-state index contributed by atoms with van der Waals surface area (Å²) in [7, 11) is 0. The number of benzene rings is 1. The van der Waals surface area contributed by atoms with Gasteiger partial charge in [0.25, 0.3) is 5.69 Å². The Labute approximate surface area is 120 Å². The molecule has 21 heavy (non-hydrogen) atoms. The maximum Gasteiger partial charge on any atom is 0.271 e. The van der Waals surface area contributed by atoms with E-state index in [9.17, 15) is 10.1 Å². The standard InChI is InChI=1S/C11H11N3O2.C3H4N2/c15-14(16)9-4-5-11-10(6-9)12-7-13(11)8-2-1-3-8;1-2-5-3-4-1/h4-8H,1-3H2;1-3H,(H,4,5). The summed E-state index contributed by atoms with van der Waals surface area (Å²) in [6.45, 7) is 0. The predicted molar refractivity (Wildman–Crippen MR) is 77.9 cm³/mol. The number of aromatic amines is 1. The topological polar surface area (TPSA) is 89.6 Å². The fourth-order valence-corrected chi connectivity index (χ4v) is 2.30. The zero-order valence-electron chi connectivity index (χ0n) is 11.3. The van der Waals surface area contributed by atoms with Crippen LogP contribution in [0.4, 0.5) is 5.69 Å². The molecule has 4 rings (SSSR count). The van der Waals surface area contributed by atoms with E-state index in [4.69, 9.17) is 0 Å². The normalized spacial score (nSPS) is 14.3. The van der Waals surface area contributed by atoms with Crippen LogP contribution in [0.15, 0.2) is 43.2 Å². The molecule has 2 heterocycles. The van der Waals surface area contributed by atoms with Gasteiger partial charge in [0.1, 0.15) is 0 Å². The third-order valence-electron chi connectivity index (χ3n) is 3.64. The van der Waals surface area contributed by atoms with E-state index in [0.29, 0.717) is 11.6 Å². The molecule has 1 N–H and O–H groups in total. The van der Waals surface area contributed by atoms with Crippen LogP contribution in [-0.2, 0) is 0 Å². The first-order valence-electron chi connectivity index (χ1n) is 6.79.